The summed E-state index contributed by atoms with van der Waals surface area (Å²) in [4.78, 5) is 16.4. The zero-order chi connectivity index (χ0) is 18.2. The fourth-order valence-electron chi connectivity index (χ4n) is 2.20. The number of hydrogen-bond donors (Lipinski definition) is 1. The number of carbonyl (C=O) groups excluding carboxylic acids is 1. The Labute approximate surface area is 156 Å². The molecule has 0 aliphatic heterocycles. The molecule has 0 saturated heterocycles. The molecule has 130 valence electrons. The Hall–Kier alpha value is -3.18. The second-order valence-electron chi connectivity index (χ2n) is 5.32. The number of amides is 1. The normalized spacial score (nSPS) is 11.0. The van der Waals surface area contributed by atoms with Crippen molar-refractivity contribution in [2.45, 2.75) is 0 Å². The molecule has 0 aliphatic rings. The highest BCUT2D eigenvalue weighted by atomic mass is 35.5. The van der Waals surface area contributed by atoms with E-state index in [-0.39, 0.29) is 12.5 Å². The van der Waals surface area contributed by atoms with Crippen LogP contribution in [-0.4, -0.2) is 23.2 Å². The predicted molar refractivity (Wildman–Crippen MR) is 101 cm³/mol. The molecule has 0 fully saturated rings. The first-order valence-electron chi connectivity index (χ1n) is 7.94. The molecule has 1 N–H and O–H groups in total. The van der Waals surface area contributed by atoms with Gasteiger partial charge in [0.15, 0.2) is 6.61 Å². The number of ether oxygens (including phenoxy) is 1. The number of benzene rings is 2. The highest BCUT2D eigenvalue weighted by Crippen LogP contribution is 2.15. The fourth-order valence-corrected chi connectivity index (χ4v) is 2.32. The SMILES string of the molecule is O=C(COc1ccc(Cl)cc1)N/N=C(\c1ccccc1)c1ccccn1. The van der Waals surface area contributed by atoms with Crippen molar-refractivity contribution in [1.82, 2.24) is 10.4 Å². The maximum Gasteiger partial charge on any atom is 0.277 e. The van der Waals surface area contributed by atoms with Gasteiger partial charge >= 0.3 is 0 Å². The highest BCUT2D eigenvalue weighted by molar-refractivity contribution is 6.30. The minimum Gasteiger partial charge on any atom is -0.484 e. The quantitative estimate of drug-likeness (QED) is 0.535. The molecular formula is C20H16ClN3O2. The first kappa shape index (κ1) is 17.6. The Balaban J connectivity index is 1.70. The summed E-state index contributed by atoms with van der Waals surface area (Å²) in [5.41, 5.74) is 4.61. The Morgan fingerprint density at radius 3 is 2.42 bits per heavy atom. The van der Waals surface area contributed by atoms with Gasteiger partial charge in [-0.3, -0.25) is 9.78 Å². The van der Waals surface area contributed by atoms with Gasteiger partial charge in [0.2, 0.25) is 0 Å². The van der Waals surface area contributed by atoms with Gasteiger partial charge in [0.1, 0.15) is 11.5 Å². The lowest BCUT2D eigenvalue weighted by Crippen LogP contribution is -2.26. The maximum atomic E-state index is 12.1. The van der Waals surface area contributed by atoms with E-state index in [4.69, 9.17) is 16.3 Å². The van der Waals surface area contributed by atoms with Gasteiger partial charge in [-0.2, -0.15) is 5.10 Å². The van der Waals surface area contributed by atoms with Crippen LogP contribution in [-0.2, 0) is 4.79 Å². The van der Waals surface area contributed by atoms with Crippen LogP contribution in [0.1, 0.15) is 11.3 Å². The van der Waals surface area contributed by atoms with E-state index in [9.17, 15) is 4.79 Å². The standard InChI is InChI=1S/C20H16ClN3O2/c21-16-9-11-17(12-10-16)26-14-19(25)23-24-20(15-6-2-1-3-7-15)18-8-4-5-13-22-18/h1-13H,14H2,(H,23,25)/b24-20+. The molecule has 1 amide bonds. The minimum atomic E-state index is -0.371. The largest absolute Gasteiger partial charge is 0.484 e. The molecule has 0 radical (unpaired) electrons. The summed E-state index contributed by atoms with van der Waals surface area (Å²) < 4.78 is 5.41. The summed E-state index contributed by atoms with van der Waals surface area (Å²) in [6.07, 6.45) is 1.68. The van der Waals surface area contributed by atoms with E-state index in [1.807, 2.05) is 48.5 Å². The first-order valence-corrected chi connectivity index (χ1v) is 8.32. The van der Waals surface area contributed by atoms with E-state index in [0.29, 0.717) is 22.2 Å². The van der Waals surface area contributed by atoms with Crippen molar-refractivity contribution < 1.29 is 9.53 Å². The van der Waals surface area contributed by atoms with Crippen LogP contribution in [0.15, 0.2) is 84.1 Å². The zero-order valence-corrected chi connectivity index (χ0v) is 14.6. The molecule has 0 spiro atoms. The van der Waals surface area contributed by atoms with E-state index in [1.54, 1.807) is 30.5 Å². The molecule has 3 aromatic rings. The number of carbonyl (C=O) groups is 1. The van der Waals surface area contributed by atoms with E-state index in [2.05, 4.69) is 15.5 Å². The van der Waals surface area contributed by atoms with Crippen LogP contribution in [0.4, 0.5) is 0 Å². The van der Waals surface area contributed by atoms with Crippen molar-refractivity contribution in [3.63, 3.8) is 0 Å². The number of halogens is 1. The number of hydrogen-bond acceptors (Lipinski definition) is 4. The molecule has 26 heavy (non-hydrogen) atoms. The lowest BCUT2D eigenvalue weighted by atomic mass is 10.1. The number of pyridine rings is 1. The molecule has 0 aliphatic carbocycles. The molecule has 1 aromatic heterocycles. The van der Waals surface area contributed by atoms with Crippen molar-refractivity contribution in [3.8, 4) is 5.75 Å². The average molecular weight is 366 g/mol. The molecule has 3 rings (SSSR count). The predicted octanol–water partition coefficient (Wildman–Crippen LogP) is 3.68. The number of nitrogens with zero attached hydrogens (tertiary/aromatic N) is 2. The van der Waals surface area contributed by atoms with Gasteiger partial charge < -0.3 is 4.74 Å². The first-order chi connectivity index (χ1) is 12.7. The van der Waals surface area contributed by atoms with Crippen LogP contribution < -0.4 is 10.2 Å². The van der Waals surface area contributed by atoms with E-state index >= 15 is 0 Å². The summed E-state index contributed by atoms with van der Waals surface area (Å²) in [5, 5.41) is 4.85. The van der Waals surface area contributed by atoms with Crippen LogP contribution in [0.2, 0.25) is 5.02 Å². The monoisotopic (exact) mass is 365 g/mol. The molecule has 5 nitrogen and oxygen atoms in total. The molecule has 1 heterocycles. The highest BCUT2D eigenvalue weighted by Gasteiger charge is 2.09. The Bertz CT molecular complexity index is 840. The lowest BCUT2D eigenvalue weighted by molar-refractivity contribution is -0.123. The second-order valence-corrected chi connectivity index (χ2v) is 5.76. The fraction of sp³-hybridized carbons (Fsp3) is 0.0500. The summed E-state index contributed by atoms with van der Waals surface area (Å²) in [6, 6.07) is 21.8. The zero-order valence-electron chi connectivity index (χ0n) is 13.8. The molecule has 0 saturated carbocycles. The van der Waals surface area contributed by atoms with Crippen LogP contribution in [0, 0.1) is 0 Å². The van der Waals surface area contributed by atoms with Gasteiger partial charge in [0, 0.05) is 16.8 Å². The van der Waals surface area contributed by atoms with Crippen molar-refractivity contribution in [3.05, 3.63) is 95.3 Å². The van der Waals surface area contributed by atoms with Crippen LogP contribution in [0.25, 0.3) is 0 Å². The minimum absolute atomic E-state index is 0.157. The van der Waals surface area contributed by atoms with E-state index < -0.39 is 0 Å². The Morgan fingerprint density at radius 1 is 1.00 bits per heavy atom. The number of nitrogens with one attached hydrogen (secondary N) is 1. The van der Waals surface area contributed by atoms with Crippen LogP contribution in [0.3, 0.4) is 0 Å². The molecule has 0 bridgehead atoms. The van der Waals surface area contributed by atoms with Crippen LogP contribution >= 0.6 is 11.6 Å². The third-order valence-electron chi connectivity index (χ3n) is 3.43. The van der Waals surface area contributed by atoms with Gasteiger partial charge in [0.25, 0.3) is 5.91 Å². The smallest absolute Gasteiger partial charge is 0.277 e. The summed E-state index contributed by atoms with van der Waals surface area (Å²) in [7, 11) is 0. The molecular weight excluding hydrogens is 350 g/mol. The number of hydrazone groups is 1. The van der Waals surface area contributed by atoms with Gasteiger partial charge in [0.05, 0.1) is 5.69 Å². The van der Waals surface area contributed by atoms with Gasteiger partial charge in [-0.1, -0.05) is 48.0 Å². The number of aromatic nitrogens is 1. The van der Waals surface area contributed by atoms with Crippen LogP contribution in [0.5, 0.6) is 5.75 Å². The average Bonchev–Trinajstić information content (AvgIpc) is 2.69. The molecule has 2 aromatic carbocycles. The maximum absolute atomic E-state index is 12.1. The van der Waals surface area contributed by atoms with Gasteiger partial charge in [-0.05, 0) is 36.4 Å². The third-order valence-corrected chi connectivity index (χ3v) is 3.68. The van der Waals surface area contributed by atoms with Crippen molar-refractivity contribution in [1.29, 1.82) is 0 Å². The van der Waals surface area contributed by atoms with Crippen molar-refractivity contribution in [2.75, 3.05) is 6.61 Å². The molecule has 6 heteroatoms. The molecule has 0 atom stereocenters. The van der Waals surface area contributed by atoms with Crippen molar-refractivity contribution >= 4 is 23.2 Å². The van der Waals surface area contributed by atoms with Crippen molar-refractivity contribution in [2.24, 2.45) is 5.10 Å². The lowest BCUT2D eigenvalue weighted by Gasteiger charge is -2.08. The third kappa shape index (κ3) is 4.91. The molecule has 0 unspecified atom stereocenters. The van der Waals surface area contributed by atoms with E-state index in [0.717, 1.165) is 5.56 Å². The van der Waals surface area contributed by atoms with Gasteiger partial charge in [-0.15, -0.1) is 0 Å². The van der Waals surface area contributed by atoms with E-state index in [1.165, 1.54) is 0 Å². The summed E-state index contributed by atoms with van der Waals surface area (Å²) in [6.45, 7) is -0.157. The Kier molecular flexibility index (Phi) is 5.96. The topological polar surface area (TPSA) is 63.6 Å². The Morgan fingerprint density at radius 2 is 1.73 bits per heavy atom. The summed E-state index contributed by atoms with van der Waals surface area (Å²) in [5.74, 6) is 0.186. The summed E-state index contributed by atoms with van der Waals surface area (Å²) >= 11 is 5.82. The second kappa shape index (κ2) is 8.78. The van der Waals surface area contributed by atoms with Gasteiger partial charge in [-0.25, -0.2) is 5.43 Å². The number of rotatable bonds is 6.